The van der Waals surface area contributed by atoms with Gasteiger partial charge < -0.3 is 14.8 Å². The van der Waals surface area contributed by atoms with Crippen molar-refractivity contribution in [2.75, 3.05) is 27.4 Å². The lowest BCUT2D eigenvalue weighted by Gasteiger charge is -2.17. The molecule has 0 heterocycles. The Morgan fingerprint density at radius 3 is 2.68 bits per heavy atom. The summed E-state index contributed by atoms with van der Waals surface area (Å²) in [5.41, 5.74) is 1.29. The van der Waals surface area contributed by atoms with Gasteiger partial charge in [0.05, 0.1) is 11.1 Å². The summed E-state index contributed by atoms with van der Waals surface area (Å²) in [6.45, 7) is 3.39. The molecule has 108 valence electrons. The van der Waals surface area contributed by atoms with Gasteiger partial charge in [-0.1, -0.05) is 25.8 Å². The van der Waals surface area contributed by atoms with Crippen LogP contribution in [0.2, 0.25) is 0 Å². The van der Waals surface area contributed by atoms with Crippen LogP contribution in [0.15, 0.2) is 22.7 Å². The zero-order valence-electron chi connectivity index (χ0n) is 12.0. The van der Waals surface area contributed by atoms with Crippen LogP contribution in [-0.2, 0) is 4.74 Å². The number of halogens is 1. The molecule has 0 spiro atoms. The first-order valence-electron chi connectivity index (χ1n) is 6.81. The van der Waals surface area contributed by atoms with Crippen LogP contribution >= 0.6 is 15.9 Å². The molecule has 0 aromatic heterocycles. The van der Waals surface area contributed by atoms with Crippen molar-refractivity contribution in [3.63, 3.8) is 0 Å². The summed E-state index contributed by atoms with van der Waals surface area (Å²) in [6.07, 6.45) is 3.61. The van der Waals surface area contributed by atoms with Crippen molar-refractivity contribution in [3.8, 4) is 5.75 Å². The van der Waals surface area contributed by atoms with Gasteiger partial charge in [0, 0.05) is 13.2 Å². The average molecular weight is 330 g/mol. The third kappa shape index (κ3) is 5.51. The maximum Gasteiger partial charge on any atom is 0.133 e. The van der Waals surface area contributed by atoms with E-state index in [1.165, 1.54) is 18.4 Å². The van der Waals surface area contributed by atoms with Gasteiger partial charge in [-0.25, -0.2) is 0 Å². The fraction of sp³-hybridized carbons (Fsp3) is 0.600. The Labute approximate surface area is 124 Å². The van der Waals surface area contributed by atoms with Crippen LogP contribution in [0.3, 0.4) is 0 Å². The second-order valence-corrected chi connectivity index (χ2v) is 5.37. The van der Waals surface area contributed by atoms with Crippen molar-refractivity contribution in [1.82, 2.24) is 5.32 Å². The van der Waals surface area contributed by atoms with Gasteiger partial charge in [0.15, 0.2) is 0 Å². The topological polar surface area (TPSA) is 30.5 Å². The van der Waals surface area contributed by atoms with E-state index in [0.717, 1.165) is 16.6 Å². The van der Waals surface area contributed by atoms with Crippen molar-refractivity contribution in [1.29, 1.82) is 0 Å². The molecule has 1 aromatic carbocycles. The van der Waals surface area contributed by atoms with E-state index in [2.05, 4.69) is 40.3 Å². The number of hydrogen-bond acceptors (Lipinski definition) is 3. The van der Waals surface area contributed by atoms with Gasteiger partial charge in [-0.15, -0.1) is 0 Å². The Kier molecular flexibility index (Phi) is 8.10. The highest BCUT2D eigenvalue weighted by Gasteiger charge is 2.11. The number of nitrogens with one attached hydrogen (secondary N) is 1. The molecule has 0 saturated heterocycles. The molecule has 0 bridgehead atoms. The van der Waals surface area contributed by atoms with Crippen molar-refractivity contribution < 1.29 is 9.47 Å². The van der Waals surface area contributed by atoms with Crippen LogP contribution in [0, 0.1) is 0 Å². The quantitative estimate of drug-likeness (QED) is 0.696. The molecule has 19 heavy (non-hydrogen) atoms. The van der Waals surface area contributed by atoms with Gasteiger partial charge in [-0.2, -0.15) is 0 Å². The molecule has 0 aliphatic carbocycles. The molecule has 0 amide bonds. The van der Waals surface area contributed by atoms with Crippen molar-refractivity contribution in [3.05, 3.63) is 28.2 Å². The lowest BCUT2D eigenvalue weighted by atomic mass is 10.0. The largest absolute Gasteiger partial charge is 0.490 e. The second-order valence-electron chi connectivity index (χ2n) is 4.51. The highest BCUT2D eigenvalue weighted by molar-refractivity contribution is 9.10. The van der Waals surface area contributed by atoms with Gasteiger partial charge in [0.25, 0.3) is 0 Å². The van der Waals surface area contributed by atoms with E-state index in [-0.39, 0.29) is 0 Å². The molecular formula is C15H24BrNO2. The zero-order chi connectivity index (χ0) is 14.1. The number of rotatable bonds is 9. The molecule has 1 rings (SSSR count). The summed E-state index contributed by atoms with van der Waals surface area (Å²) in [5, 5.41) is 3.37. The van der Waals surface area contributed by atoms with Crippen molar-refractivity contribution in [2.24, 2.45) is 0 Å². The lowest BCUT2D eigenvalue weighted by molar-refractivity contribution is 0.146. The van der Waals surface area contributed by atoms with Gasteiger partial charge in [0.2, 0.25) is 0 Å². The van der Waals surface area contributed by atoms with E-state index < -0.39 is 0 Å². The SMILES string of the molecule is CCCCC(NC)c1ccc(OCCOC)c(Br)c1. The molecule has 1 aromatic rings. The summed E-state index contributed by atoms with van der Waals surface area (Å²) in [5.74, 6) is 0.867. The maximum absolute atomic E-state index is 5.63. The van der Waals surface area contributed by atoms with E-state index in [9.17, 15) is 0 Å². The summed E-state index contributed by atoms with van der Waals surface area (Å²) >= 11 is 3.57. The molecule has 0 saturated carbocycles. The summed E-state index contributed by atoms with van der Waals surface area (Å²) in [7, 11) is 3.68. The van der Waals surface area contributed by atoms with Crippen LogP contribution in [0.5, 0.6) is 5.75 Å². The minimum absolute atomic E-state index is 0.407. The van der Waals surface area contributed by atoms with Crippen LogP contribution < -0.4 is 10.1 Å². The number of ether oxygens (including phenoxy) is 2. The molecule has 0 aliphatic rings. The first-order chi connectivity index (χ1) is 9.22. The van der Waals surface area contributed by atoms with E-state index in [1.54, 1.807) is 7.11 Å². The highest BCUT2D eigenvalue weighted by Crippen LogP contribution is 2.29. The fourth-order valence-electron chi connectivity index (χ4n) is 1.97. The number of benzene rings is 1. The lowest BCUT2D eigenvalue weighted by Crippen LogP contribution is -2.16. The Bertz CT molecular complexity index is 371. The van der Waals surface area contributed by atoms with E-state index in [1.807, 2.05) is 13.1 Å². The Hall–Kier alpha value is -0.580. The van der Waals surface area contributed by atoms with E-state index in [4.69, 9.17) is 9.47 Å². The molecule has 0 fully saturated rings. The number of hydrogen-bond donors (Lipinski definition) is 1. The molecule has 0 radical (unpaired) electrons. The minimum Gasteiger partial charge on any atom is -0.490 e. The van der Waals surface area contributed by atoms with Crippen LogP contribution in [0.4, 0.5) is 0 Å². The van der Waals surface area contributed by atoms with E-state index >= 15 is 0 Å². The van der Waals surface area contributed by atoms with Crippen molar-refractivity contribution >= 4 is 15.9 Å². The molecule has 3 nitrogen and oxygen atoms in total. The maximum atomic E-state index is 5.63. The second kappa shape index (κ2) is 9.34. The van der Waals surface area contributed by atoms with Crippen LogP contribution in [-0.4, -0.2) is 27.4 Å². The van der Waals surface area contributed by atoms with Crippen LogP contribution in [0.25, 0.3) is 0 Å². The van der Waals surface area contributed by atoms with Gasteiger partial charge in [0.1, 0.15) is 12.4 Å². The Morgan fingerprint density at radius 2 is 2.11 bits per heavy atom. The predicted octanol–water partition coefficient (Wildman–Crippen LogP) is 3.93. The number of methoxy groups -OCH3 is 1. The smallest absolute Gasteiger partial charge is 0.133 e. The third-order valence-corrected chi connectivity index (χ3v) is 3.72. The average Bonchev–Trinajstić information content (AvgIpc) is 2.42. The van der Waals surface area contributed by atoms with Crippen molar-refractivity contribution in [2.45, 2.75) is 32.2 Å². The molecule has 0 aliphatic heterocycles. The van der Waals surface area contributed by atoms with E-state index in [0.29, 0.717) is 19.3 Å². The first kappa shape index (κ1) is 16.5. The fourth-order valence-corrected chi connectivity index (χ4v) is 2.48. The summed E-state index contributed by atoms with van der Waals surface area (Å²) in [6, 6.07) is 6.69. The zero-order valence-corrected chi connectivity index (χ0v) is 13.6. The summed E-state index contributed by atoms with van der Waals surface area (Å²) in [4.78, 5) is 0. The first-order valence-corrected chi connectivity index (χ1v) is 7.60. The Balaban J connectivity index is 2.68. The monoisotopic (exact) mass is 329 g/mol. The molecule has 1 N–H and O–H groups in total. The molecule has 1 unspecified atom stereocenters. The third-order valence-electron chi connectivity index (χ3n) is 3.10. The van der Waals surface area contributed by atoms with Gasteiger partial charge >= 0.3 is 0 Å². The minimum atomic E-state index is 0.407. The highest BCUT2D eigenvalue weighted by atomic mass is 79.9. The normalized spacial score (nSPS) is 12.4. The van der Waals surface area contributed by atoms with Gasteiger partial charge in [-0.05, 0) is 47.1 Å². The summed E-state index contributed by atoms with van der Waals surface area (Å²) < 4.78 is 11.6. The molecular weight excluding hydrogens is 306 g/mol. The van der Waals surface area contributed by atoms with Crippen LogP contribution in [0.1, 0.15) is 37.8 Å². The molecule has 1 atom stereocenters. The molecule has 4 heteroatoms. The van der Waals surface area contributed by atoms with Gasteiger partial charge in [-0.3, -0.25) is 0 Å². The standard InChI is InChI=1S/C15H24BrNO2/c1-4-5-6-14(17-2)12-7-8-15(13(16)11-12)19-10-9-18-3/h7-8,11,14,17H,4-6,9-10H2,1-3H3. The Morgan fingerprint density at radius 1 is 1.32 bits per heavy atom. The number of unbranched alkanes of at least 4 members (excludes halogenated alkanes) is 1. The predicted molar refractivity (Wildman–Crippen MR) is 82.8 cm³/mol.